The lowest BCUT2D eigenvalue weighted by Crippen LogP contribution is -1.87. The summed E-state index contributed by atoms with van der Waals surface area (Å²) in [5.74, 6) is -0.528. The van der Waals surface area contributed by atoms with Gasteiger partial charge >= 0.3 is 0 Å². The van der Waals surface area contributed by atoms with Crippen molar-refractivity contribution in [3.63, 3.8) is 0 Å². The maximum absolute atomic E-state index is 12.4. The summed E-state index contributed by atoms with van der Waals surface area (Å²) < 4.78 is 24.9. The molecule has 0 heterocycles. The molecule has 0 N–H and O–H groups in total. The third-order valence-corrected chi connectivity index (χ3v) is 1.78. The zero-order valence-corrected chi connectivity index (χ0v) is 6.21. The fourth-order valence-electron chi connectivity index (χ4n) is 0.637. The molecule has 0 aliphatic heterocycles. The summed E-state index contributed by atoms with van der Waals surface area (Å²) in [7, 11) is 0. The number of allylic oxidation sites excluding steroid dienone is 4. The molecule has 0 nitrogen and oxygen atoms in total. The Morgan fingerprint density at radius 3 is 2.44 bits per heavy atom. The molecule has 0 amide bonds. The van der Waals surface area contributed by atoms with Crippen LogP contribution in [0.5, 0.6) is 0 Å². The van der Waals surface area contributed by atoms with Gasteiger partial charge < -0.3 is 0 Å². The Labute approximate surface area is 60.4 Å². The average Bonchev–Trinajstić information content (AvgIpc) is 1.80. The Hall–Kier alpha value is -0.180. The van der Waals surface area contributed by atoms with Crippen molar-refractivity contribution in [3.05, 3.63) is 22.2 Å². The van der Waals surface area contributed by atoms with Crippen molar-refractivity contribution in [2.45, 2.75) is 12.8 Å². The van der Waals surface area contributed by atoms with Crippen LogP contribution in [0.4, 0.5) is 8.78 Å². The molecule has 0 bridgehead atoms. The average molecular weight is 195 g/mol. The molecule has 0 aromatic heterocycles. The van der Waals surface area contributed by atoms with E-state index in [1.54, 1.807) is 0 Å². The molecule has 1 aliphatic rings. The van der Waals surface area contributed by atoms with Crippen LogP contribution in [-0.2, 0) is 0 Å². The van der Waals surface area contributed by atoms with Crippen molar-refractivity contribution in [1.29, 1.82) is 0 Å². The molecule has 0 aromatic rings. The molecular weight excluding hydrogens is 190 g/mol. The second-order valence-corrected chi connectivity index (χ2v) is 2.70. The Bertz CT molecular complexity index is 181. The van der Waals surface area contributed by atoms with E-state index < -0.39 is 0 Å². The van der Waals surface area contributed by atoms with Gasteiger partial charge in [-0.05, 0) is 22.0 Å². The minimum atomic E-state index is -0.267. The summed E-state index contributed by atoms with van der Waals surface area (Å²) in [6.45, 7) is 0. The first-order valence-electron chi connectivity index (χ1n) is 2.60. The molecule has 0 spiro atoms. The van der Waals surface area contributed by atoms with Crippen molar-refractivity contribution >= 4 is 15.9 Å². The van der Waals surface area contributed by atoms with Crippen molar-refractivity contribution in [2.24, 2.45) is 0 Å². The van der Waals surface area contributed by atoms with E-state index in [4.69, 9.17) is 0 Å². The van der Waals surface area contributed by atoms with E-state index in [2.05, 4.69) is 15.9 Å². The van der Waals surface area contributed by atoms with E-state index >= 15 is 0 Å². The minimum Gasteiger partial charge on any atom is -0.212 e. The van der Waals surface area contributed by atoms with Crippen LogP contribution in [0.25, 0.3) is 0 Å². The van der Waals surface area contributed by atoms with Gasteiger partial charge in [0.25, 0.3) is 0 Å². The van der Waals surface area contributed by atoms with Crippen molar-refractivity contribution in [2.75, 3.05) is 0 Å². The van der Waals surface area contributed by atoms with Gasteiger partial charge in [0.05, 0.1) is 4.48 Å². The minimum absolute atomic E-state index is 0.183. The van der Waals surface area contributed by atoms with Crippen LogP contribution in [0.3, 0.4) is 0 Å². The summed E-state index contributed by atoms with van der Waals surface area (Å²) in [5, 5.41) is 0. The predicted molar refractivity (Wildman–Crippen MR) is 35.5 cm³/mol. The number of rotatable bonds is 0. The van der Waals surface area contributed by atoms with Crippen LogP contribution in [0.15, 0.2) is 22.2 Å². The monoisotopic (exact) mass is 194 g/mol. The van der Waals surface area contributed by atoms with Crippen LogP contribution >= 0.6 is 15.9 Å². The van der Waals surface area contributed by atoms with Gasteiger partial charge in [0.15, 0.2) is 0 Å². The van der Waals surface area contributed by atoms with E-state index in [0.717, 1.165) is 0 Å². The van der Waals surface area contributed by atoms with Crippen molar-refractivity contribution in [3.8, 4) is 0 Å². The summed E-state index contributed by atoms with van der Waals surface area (Å²) in [6.07, 6.45) is 1.54. The second-order valence-electron chi connectivity index (χ2n) is 1.84. The molecule has 1 aliphatic carbocycles. The summed E-state index contributed by atoms with van der Waals surface area (Å²) in [6, 6.07) is 0. The van der Waals surface area contributed by atoms with E-state index in [0.29, 0.717) is 0 Å². The van der Waals surface area contributed by atoms with Gasteiger partial charge in [-0.2, -0.15) is 0 Å². The molecule has 0 aromatic carbocycles. The molecule has 50 valence electrons. The zero-order valence-electron chi connectivity index (χ0n) is 4.63. The molecule has 3 heteroatoms. The van der Waals surface area contributed by atoms with Crippen LogP contribution in [0, 0.1) is 0 Å². The second kappa shape index (κ2) is 2.60. The largest absolute Gasteiger partial charge is 0.212 e. The highest BCUT2D eigenvalue weighted by Crippen LogP contribution is 2.28. The Balaban J connectivity index is 2.83. The Morgan fingerprint density at radius 2 is 2.00 bits per heavy atom. The highest BCUT2D eigenvalue weighted by molar-refractivity contribution is 9.11. The van der Waals surface area contributed by atoms with Gasteiger partial charge in [0.2, 0.25) is 0 Å². The van der Waals surface area contributed by atoms with E-state index in [9.17, 15) is 8.78 Å². The number of hydrogen-bond donors (Lipinski definition) is 0. The van der Waals surface area contributed by atoms with Crippen LogP contribution in [0.2, 0.25) is 0 Å². The van der Waals surface area contributed by atoms with Crippen LogP contribution < -0.4 is 0 Å². The van der Waals surface area contributed by atoms with E-state index in [-0.39, 0.29) is 29.0 Å². The first-order valence-corrected chi connectivity index (χ1v) is 3.39. The van der Waals surface area contributed by atoms with Crippen LogP contribution in [-0.4, -0.2) is 0 Å². The normalized spacial score (nSPS) is 20.1. The Morgan fingerprint density at radius 1 is 1.33 bits per heavy atom. The first kappa shape index (κ1) is 6.93. The zero-order chi connectivity index (χ0) is 6.85. The lowest BCUT2D eigenvalue weighted by atomic mass is 10.2. The SMILES string of the molecule is FC1=CC(Br)=C(F)CC1. The van der Waals surface area contributed by atoms with Crippen molar-refractivity contribution in [1.82, 2.24) is 0 Å². The Kier molecular flexibility index (Phi) is 2.01. The topological polar surface area (TPSA) is 0 Å². The molecule has 1 rings (SSSR count). The number of hydrogen-bond acceptors (Lipinski definition) is 0. The fourth-order valence-corrected chi connectivity index (χ4v) is 1.08. The highest BCUT2D eigenvalue weighted by Gasteiger charge is 2.09. The molecule has 0 saturated heterocycles. The third-order valence-electron chi connectivity index (χ3n) is 1.13. The molecule has 0 radical (unpaired) electrons. The molecule has 0 fully saturated rings. The quantitative estimate of drug-likeness (QED) is 0.556. The molecule has 0 atom stereocenters. The molecular formula is C6H5BrF2. The van der Waals surface area contributed by atoms with E-state index in [1.165, 1.54) is 6.08 Å². The maximum atomic E-state index is 12.4. The highest BCUT2D eigenvalue weighted by atomic mass is 79.9. The van der Waals surface area contributed by atoms with E-state index in [1.807, 2.05) is 0 Å². The van der Waals surface area contributed by atoms with Crippen molar-refractivity contribution < 1.29 is 8.78 Å². The van der Waals surface area contributed by atoms with Gasteiger partial charge in [-0.3, -0.25) is 0 Å². The summed E-state index contributed by atoms with van der Waals surface area (Å²) >= 11 is 2.88. The lowest BCUT2D eigenvalue weighted by molar-refractivity contribution is 0.524. The van der Waals surface area contributed by atoms with Gasteiger partial charge in [-0.1, -0.05) is 0 Å². The predicted octanol–water partition coefficient (Wildman–Crippen LogP) is 3.21. The van der Waals surface area contributed by atoms with Crippen LogP contribution in [0.1, 0.15) is 12.8 Å². The summed E-state index contributed by atoms with van der Waals surface area (Å²) in [4.78, 5) is 0. The smallest absolute Gasteiger partial charge is 0.115 e. The van der Waals surface area contributed by atoms with Gasteiger partial charge in [0, 0.05) is 12.8 Å². The molecule has 0 unspecified atom stereocenters. The van der Waals surface area contributed by atoms with Gasteiger partial charge in [-0.15, -0.1) is 0 Å². The van der Waals surface area contributed by atoms with Gasteiger partial charge in [0.1, 0.15) is 11.7 Å². The third kappa shape index (κ3) is 1.61. The molecule has 0 saturated carbocycles. The maximum Gasteiger partial charge on any atom is 0.115 e. The van der Waals surface area contributed by atoms with Gasteiger partial charge in [-0.25, -0.2) is 8.78 Å². The number of halogens is 3. The first-order chi connectivity index (χ1) is 4.20. The molecule has 9 heavy (non-hydrogen) atoms. The fraction of sp³-hybridized carbons (Fsp3) is 0.333. The lowest BCUT2D eigenvalue weighted by Gasteiger charge is -2.04. The summed E-state index contributed by atoms with van der Waals surface area (Å²) in [5.41, 5.74) is 0. The standard InChI is InChI=1S/C6H5BrF2/c7-5-3-4(8)1-2-6(5)9/h3H,1-2H2.